The van der Waals surface area contributed by atoms with Crippen LogP contribution in [0.4, 0.5) is 0 Å². The highest BCUT2D eigenvalue weighted by atomic mass is 16.5. The van der Waals surface area contributed by atoms with E-state index in [4.69, 9.17) is 10.5 Å². The summed E-state index contributed by atoms with van der Waals surface area (Å²) in [5.74, 6) is 0. The Kier molecular flexibility index (Phi) is 4.68. The first-order valence-corrected chi connectivity index (χ1v) is 6.74. The molecule has 1 aromatic heterocycles. The van der Waals surface area contributed by atoms with Crippen molar-refractivity contribution in [3.63, 3.8) is 0 Å². The van der Waals surface area contributed by atoms with Crippen molar-refractivity contribution in [3.8, 4) is 0 Å². The van der Waals surface area contributed by atoms with Crippen LogP contribution in [0.5, 0.6) is 0 Å². The summed E-state index contributed by atoms with van der Waals surface area (Å²) in [6, 6.07) is -0.152. The number of hydrogen-bond acceptors (Lipinski definition) is 5. The van der Waals surface area contributed by atoms with Crippen LogP contribution in [0.1, 0.15) is 32.0 Å². The molecule has 1 saturated heterocycles. The number of morpholine rings is 1. The smallest absolute Gasteiger partial charge is 0.0910 e. The summed E-state index contributed by atoms with van der Waals surface area (Å²) >= 11 is 0. The maximum Gasteiger partial charge on any atom is 0.0910 e. The minimum Gasteiger partial charge on any atom is -0.374 e. The lowest BCUT2D eigenvalue weighted by Gasteiger charge is -2.35. The van der Waals surface area contributed by atoms with Gasteiger partial charge in [-0.3, -0.25) is 4.90 Å². The molecule has 0 radical (unpaired) electrons. The predicted molar refractivity (Wildman–Crippen MR) is 69.1 cm³/mol. The van der Waals surface area contributed by atoms with E-state index in [0.717, 1.165) is 44.9 Å². The van der Waals surface area contributed by atoms with E-state index in [-0.39, 0.29) is 12.1 Å². The van der Waals surface area contributed by atoms with Crippen LogP contribution in [0.2, 0.25) is 0 Å². The molecule has 2 N–H and O–H groups in total. The summed E-state index contributed by atoms with van der Waals surface area (Å²) in [7, 11) is 0. The van der Waals surface area contributed by atoms with Crippen LogP contribution in [-0.4, -0.2) is 52.2 Å². The third-order valence-electron chi connectivity index (χ3n) is 3.45. The van der Waals surface area contributed by atoms with Crippen molar-refractivity contribution >= 4 is 0 Å². The van der Waals surface area contributed by atoms with Crippen molar-refractivity contribution in [2.75, 3.05) is 26.2 Å². The number of likely N-dealkylation sites (N-methyl/N-ethyl adjacent to an activating group) is 1. The Morgan fingerprint density at radius 2 is 2.39 bits per heavy atom. The van der Waals surface area contributed by atoms with Crippen molar-refractivity contribution in [2.24, 2.45) is 5.73 Å². The third-order valence-corrected chi connectivity index (χ3v) is 3.45. The van der Waals surface area contributed by atoms with E-state index in [1.807, 2.05) is 4.68 Å². The normalized spacial score (nSPS) is 23.2. The van der Waals surface area contributed by atoms with Gasteiger partial charge < -0.3 is 10.5 Å². The minimum absolute atomic E-state index is 0.0350. The lowest BCUT2D eigenvalue weighted by Crippen LogP contribution is -2.47. The number of nitrogens with two attached hydrogens (primary N) is 1. The number of ether oxygens (including phenoxy) is 1. The molecule has 1 fully saturated rings. The van der Waals surface area contributed by atoms with E-state index in [1.54, 1.807) is 6.20 Å². The first kappa shape index (κ1) is 13.5. The van der Waals surface area contributed by atoms with E-state index in [9.17, 15) is 0 Å². The number of aryl methyl sites for hydroxylation is 1. The molecule has 6 heteroatoms. The zero-order valence-corrected chi connectivity index (χ0v) is 11.2. The van der Waals surface area contributed by atoms with Crippen molar-refractivity contribution in [3.05, 3.63) is 11.9 Å². The van der Waals surface area contributed by atoms with Gasteiger partial charge in [-0.1, -0.05) is 19.1 Å². The molecule has 2 heterocycles. The molecule has 0 saturated carbocycles. The molecule has 1 aliphatic rings. The SMILES string of the molecule is CCCn1nncc1C(N)C1CN(CC)CCO1. The zero-order chi connectivity index (χ0) is 13.0. The third kappa shape index (κ3) is 2.88. The number of aromatic nitrogens is 3. The molecule has 0 bridgehead atoms. The number of rotatable bonds is 5. The van der Waals surface area contributed by atoms with Gasteiger partial charge in [0.25, 0.3) is 0 Å². The second-order valence-electron chi connectivity index (χ2n) is 4.71. The minimum atomic E-state index is -0.152. The molecule has 0 amide bonds. The number of hydrogen-bond donors (Lipinski definition) is 1. The second-order valence-corrected chi connectivity index (χ2v) is 4.71. The Morgan fingerprint density at radius 3 is 3.11 bits per heavy atom. The van der Waals surface area contributed by atoms with Crippen LogP contribution in [0, 0.1) is 0 Å². The molecule has 1 aliphatic heterocycles. The van der Waals surface area contributed by atoms with Crippen molar-refractivity contribution < 1.29 is 4.74 Å². The van der Waals surface area contributed by atoms with Crippen molar-refractivity contribution in [1.29, 1.82) is 0 Å². The van der Waals surface area contributed by atoms with Crippen molar-refractivity contribution in [2.45, 2.75) is 39.0 Å². The Morgan fingerprint density at radius 1 is 1.56 bits per heavy atom. The van der Waals surface area contributed by atoms with Gasteiger partial charge in [0.05, 0.1) is 30.6 Å². The lowest BCUT2D eigenvalue weighted by atomic mass is 10.1. The fraction of sp³-hybridized carbons (Fsp3) is 0.833. The molecule has 2 atom stereocenters. The average molecular weight is 253 g/mol. The van der Waals surface area contributed by atoms with Gasteiger partial charge in [0, 0.05) is 19.6 Å². The summed E-state index contributed by atoms with van der Waals surface area (Å²) < 4.78 is 7.68. The van der Waals surface area contributed by atoms with Crippen LogP contribution in [0.25, 0.3) is 0 Å². The molecule has 102 valence electrons. The first-order chi connectivity index (χ1) is 8.76. The molecular formula is C12H23N5O. The molecule has 2 unspecified atom stereocenters. The summed E-state index contributed by atoms with van der Waals surface area (Å²) in [5, 5.41) is 8.04. The topological polar surface area (TPSA) is 69.2 Å². The van der Waals surface area contributed by atoms with Gasteiger partial charge in [-0.05, 0) is 13.0 Å². The Labute approximate surface area is 108 Å². The summed E-state index contributed by atoms with van der Waals surface area (Å²) in [5.41, 5.74) is 7.28. The monoisotopic (exact) mass is 253 g/mol. The molecule has 0 aromatic carbocycles. The highest BCUT2D eigenvalue weighted by molar-refractivity contribution is 5.05. The Hall–Kier alpha value is -0.980. The van der Waals surface area contributed by atoms with Gasteiger partial charge in [0.2, 0.25) is 0 Å². The van der Waals surface area contributed by atoms with Crippen molar-refractivity contribution in [1.82, 2.24) is 19.9 Å². The Bertz CT molecular complexity index is 367. The van der Waals surface area contributed by atoms with Gasteiger partial charge in [-0.2, -0.15) is 0 Å². The molecular weight excluding hydrogens is 230 g/mol. The predicted octanol–water partition coefficient (Wildman–Crippen LogP) is 0.409. The fourth-order valence-corrected chi connectivity index (χ4v) is 2.34. The van der Waals surface area contributed by atoms with Gasteiger partial charge >= 0.3 is 0 Å². The van der Waals surface area contributed by atoms with Gasteiger partial charge in [0.15, 0.2) is 0 Å². The molecule has 2 rings (SSSR count). The van der Waals surface area contributed by atoms with Crippen LogP contribution in [0.3, 0.4) is 0 Å². The van der Waals surface area contributed by atoms with Gasteiger partial charge in [0.1, 0.15) is 0 Å². The summed E-state index contributed by atoms with van der Waals surface area (Å²) in [6.07, 6.45) is 2.82. The van der Waals surface area contributed by atoms with Crippen LogP contribution in [-0.2, 0) is 11.3 Å². The summed E-state index contributed by atoms with van der Waals surface area (Å²) in [6.45, 7) is 8.80. The van der Waals surface area contributed by atoms with E-state index in [2.05, 4.69) is 29.1 Å². The molecule has 0 spiro atoms. The highest BCUT2D eigenvalue weighted by Crippen LogP contribution is 2.19. The van der Waals surface area contributed by atoms with E-state index in [0.29, 0.717) is 0 Å². The summed E-state index contributed by atoms with van der Waals surface area (Å²) in [4.78, 5) is 2.36. The molecule has 1 aromatic rings. The van der Waals surface area contributed by atoms with E-state index < -0.39 is 0 Å². The standard InChI is InChI=1S/C12H23N5O/c1-3-5-17-10(8-14-15-17)12(13)11-9-16(4-2)6-7-18-11/h8,11-12H,3-7,9,13H2,1-2H3. The second kappa shape index (κ2) is 6.26. The van der Waals surface area contributed by atoms with Gasteiger partial charge in [-0.25, -0.2) is 4.68 Å². The fourth-order valence-electron chi connectivity index (χ4n) is 2.34. The lowest BCUT2D eigenvalue weighted by molar-refractivity contribution is -0.0404. The van der Waals surface area contributed by atoms with E-state index in [1.165, 1.54) is 0 Å². The van der Waals surface area contributed by atoms with Crippen LogP contribution >= 0.6 is 0 Å². The quantitative estimate of drug-likeness (QED) is 0.823. The molecule has 6 nitrogen and oxygen atoms in total. The average Bonchev–Trinajstić information content (AvgIpc) is 2.86. The van der Waals surface area contributed by atoms with Crippen LogP contribution in [0.15, 0.2) is 6.20 Å². The largest absolute Gasteiger partial charge is 0.374 e. The maximum atomic E-state index is 6.31. The highest BCUT2D eigenvalue weighted by Gasteiger charge is 2.28. The first-order valence-electron chi connectivity index (χ1n) is 6.74. The van der Waals surface area contributed by atoms with Gasteiger partial charge in [-0.15, -0.1) is 5.10 Å². The van der Waals surface area contributed by atoms with E-state index >= 15 is 0 Å². The maximum absolute atomic E-state index is 6.31. The molecule has 18 heavy (non-hydrogen) atoms. The Balaban J connectivity index is 2.05. The van der Waals surface area contributed by atoms with Crippen LogP contribution < -0.4 is 5.73 Å². The zero-order valence-electron chi connectivity index (χ0n) is 11.2. The molecule has 0 aliphatic carbocycles. The number of nitrogens with zero attached hydrogens (tertiary/aromatic N) is 4.